The van der Waals surface area contributed by atoms with Gasteiger partial charge in [0, 0.05) is 13.0 Å². The second-order valence-corrected chi connectivity index (χ2v) is 4.04. The van der Waals surface area contributed by atoms with Gasteiger partial charge in [0.05, 0.1) is 12.2 Å². The molecule has 1 N–H and O–H groups in total. The Kier molecular flexibility index (Phi) is 6.85. The Morgan fingerprint density at radius 3 is 2.36 bits per heavy atom. The van der Waals surface area contributed by atoms with E-state index in [-0.39, 0.29) is 18.1 Å². The maximum Gasteiger partial charge on any atom is 0.0647 e. The molecule has 2 heteroatoms. The van der Waals surface area contributed by atoms with Gasteiger partial charge in [0.25, 0.3) is 0 Å². The first kappa shape index (κ1) is 13.7. The summed E-state index contributed by atoms with van der Waals surface area (Å²) in [6.07, 6.45) is 3.26. The van der Waals surface area contributed by atoms with Crippen molar-refractivity contribution >= 4 is 0 Å². The molecule has 0 fully saturated rings. The van der Waals surface area contributed by atoms with Crippen molar-refractivity contribution in [2.75, 3.05) is 7.11 Å². The van der Waals surface area contributed by atoms with Gasteiger partial charge in [0.2, 0.25) is 0 Å². The van der Waals surface area contributed by atoms with Crippen LogP contribution >= 0.6 is 0 Å². The molecule has 0 aliphatic carbocycles. The number of aliphatic hydroxyl groups excluding tert-OH is 1. The van der Waals surface area contributed by atoms with Gasteiger partial charge in [-0.3, -0.25) is 0 Å². The summed E-state index contributed by atoms with van der Waals surface area (Å²) < 4.78 is 5.44. The average molecular weight is 200 g/mol. The standard InChI is InChI=1S/C12H24O2/c1-6-8-11(13)10(4)12(14-5)9(3)7-2/h6,9-13H,1,7-8H2,2-5H3/t9-,10-,11-,12+/m0/s1. The van der Waals surface area contributed by atoms with Gasteiger partial charge in [-0.1, -0.05) is 33.3 Å². The van der Waals surface area contributed by atoms with Gasteiger partial charge in [0.1, 0.15) is 0 Å². The third-order valence-electron chi connectivity index (χ3n) is 3.01. The van der Waals surface area contributed by atoms with E-state index in [1.165, 1.54) is 0 Å². The van der Waals surface area contributed by atoms with E-state index in [4.69, 9.17) is 4.74 Å². The lowest BCUT2D eigenvalue weighted by Crippen LogP contribution is -2.35. The third-order valence-corrected chi connectivity index (χ3v) is 3.01. The molecule has 0 spiro atoms. The van der Waals surface area contributed by atoms with Gasteiger partial charge in [-0.15, -0.1) is 6.58 Å². The summed E-state index contributed by atoms with van der Waals surface area (Å²) in [5.74, 6) is 0.641. The minimum Gasteiger partial charge on any atom is -0.392 e. The minimum absolute atomic E-state index is 0.134. The molecule has 0 radical (unpaired) electrons. The molecular formula is C12H24O2. The highest BCUT2D eigenvalue weighted by Crippen LogP contribution is 2.23. The predicted molar refractivity (Wildman–Crippen MR) is 60.2 cm³/mol. The zero-order valence-electron chi connectivity index (χ0n) is 9.86. The van der Waals surface area contributed by atoms with Crippen molar-refractivity contribution in [3.05, 3.63) is 12.7 Å². The predicted octanol–water partition coefficient (Wildman–Crippen LogP) is 2.62. The first-order chi connectivity index (χ1) is 6.58. The molecular weight excluding hydrogens is 176 g/mol. The second-order valence-electron chi connectivity index (χ2n) is 4.04. The molecule has 0 aromatic rings. The van der Waals surface area contributed by atoms with E-state index in [2.05, 4.69) is 20.4 Å². The Morgan fingerprint density at radius 2 is 2.00 bits per heavy atom. The first-order valence-electron chi connectivity index (χ1n) is 5.40. The van der Waals surface area contributed by atoms with Gasteiger partial charge < -0.3 is 9.84 Å². The van der Waals surface area contributed by atoms with E-state index in [1.807, 2.05) is 6.92 Å². The highest BCUT2D eigenvalue weighted by molar-refractivity contribution is 4.82. The van der Waals surface area contributed by atoms with Crippen LogP contribution in [-0.2, 0) is 4.74 Å². The van der Waals surface area contributed by atoms with Crippen LogP contribution in [0.4, 0.5) is 0 Å². The van der Waals surface area contributed by atoms with Gasteiger partial charge in [-0.05, 0) is 12.3 Å². The molecule has 2 nitrogen and oxygen atoms in total. The van der Waals surface area contributed by atoms with Crippen LogP contribution in [0.2, 0.25) is 0 Å². The van der Waals surface area contributed by atoms with Crippen LogP contribution in [0.5, 0.6) is 0 Å². The molecule has 0 unspecified atom stereocenters. The largest absolute Gasteiger partial charge is 0.392 e. The van der Waals surface area contributed by atoms with Crippen molar-refractivity contribution < 1.29 is 9.84 Å². The topological polar surface area (TPSA) is 29.5 Å². The van der Waals surface area contributed by atoms with Crippen molar-refractivity contribution in [2.45, 2.75) is 45.8 Å². The lowest BCUT2D eigenvalue weighted by Gasteiger charge is -2.30. The summed E-state index contributed by atoms with van der Waals surface area (Å²) in [6.45, 7) is 9.97. The number of rotatable bonds is 7. The molecule has 0 aromatic heterocycles. The van der Waals surface area contributed by atoms with Crippen LogP contribution < -0.4 is 0 Å². The minimum atomic E-state index is -0.341. The Hall–Kier alpha value is -0.340. The molecule has 0 heterocycles. The maximum absolute atomic E-state index is 9.81. The van der Waals surface area contributed by atoms with Gasteiger partial charge in [-0.25, -0.2) is 0 Å². The molecule has 14 heavy (non-hydrogen) atoms. The fourth-order valence-electron chi connectivity index (χ4n) is 1.80. The second kappa shape index (κ2) is 7.02. The highest BCUT2D eigenvalue weighted by atomic mass is 16.5. The van der Waals surface area contributed by atoms with Crippen LogP contribution in [0.1, 0.15) is 33.6 Å². The number of hydrogen-bond acceptors (Lipinski definition) is 2. The van der Waals surface area contributed by atoms with E-state index >= 15 is 0 Å². The van der Waals surface area contributed by atoms with Gasteiger partial charge in [0.15, 0.2) is 0 Å². The Labute approximate surface area is 88.0 Å². The van der Waals surface area contributed by atoms with E-state index in [0.717, 1.165) is 6.42 Å². The van der Waals surface area contributed by atoms with E-state index in [1.54, 1.807) is 13.2 Å². The normalized spacial score (nSPS) is 19.8. The molecule has 0 rings (SSSR count). The Morgan fingerprint density at radius 1 is 1.43 bits per heavy atom. The summed E-state index contributed by atoms with van der Waals surface area (Å²) >= 11 is 0. The Balaban J connectivity index is 4.28. The van der Waals surface area contributed by atoms with Crippen LogP contribution in [0.25, 0.3) is 0 Å². The SMILES string of the molecule is C=CC[C@H](O)[C@H](C)[C@H](OC)[C@@H](C)CC. The molecule has 0 aromatic carbocycles. The Bertz CT molecular complexity index is 156. The zero-order chi connectivity index (χ0) is 11.1. The summed E-state index contributed by atoms with van der Waals surface area (Å²) in [5.41, 5.74) is 0. The lowest BCUT2D eigenvalue weighted by molar-refractivity contribution is -0.0333. The van der Waals surface area contributed by atoms with Crippen LogP contribution in [0.3, 0.4) is 0 Å². The van der Waals surface area contributed by atoms with Crippen LogP contribution in [0.15, 0.2) is 12.7 Å². The van der Waals surface area contributed by atoms with Crippen LogP contribution in [-0.4, -0.2) is 24.4 Å². The molecule has 0 saturated heterocycles. The lowest BCUT2D eigenvalue weighted by atomic mass is 9.86. The molecule has 0 aliphatic heterocycles. The van der Waals surface area contributed by atoms with Crippen molar-refractivity contribution in [1.29, 1.82) is 0 Å². The number of aliphatic hydroxyl groups is 1. The van der Waals surface area contributed by atoms with E-state index in [0.29, 0.717) is 12.3 Å². The first-order valence-corrected chi connectivity index (χ1v) is 5.40. The molecule has 4 atom stereocenters. The number of methoxy groups -OCH3 is 1. The highest BCUT2D eigenvalue weighted by Gasteiger charge is 2.27. The maximum atomic E-state index is 9.81. The molecule has 84 valence electrons. The number of hydrogen-bond donors (Lipinski definition) is 1. The summed E-state index contributed by atoms with van der Waals surface area (Å²) in [6, 6.07) is 0. The van der Waals surface area contributed by atoms with Gasteiger partial charge >= 0.3 is 0 Å². The smallest absolute Gasteiger partial charge is 0.0647 e. The monoisotopic (exact) mass is 200 g/mol. The summed E-state index contributed by atoms with van der Waals surface area (Å²) in [7, 11) is 1.72. The molecule has 0 amide bonds. The van der Waals surface area contributed by atoms with Crippen molar-refractivity contribution in [1.82, 2.24) is 0 Å². The molecule has 0 saturated carbocycles. The zero-order valence-corrected chi connectivity index (χ0v) is 9.86. The molecule has 0 bridgehead atoms. The fraction of sp³-hybridized carbons (Fsp3) is 0.833. The third kappa shape index (κ3) is 3.81. The molecule has 0 aliphatic rings. The van der Waals surface area contributed by atoms with Crippen molar-refractivity contribution in [3.63, 3.8) is 0 Å². The summed E-state index contributed by atoms with van der Waals surface area (Å²) in [5, 5.41) is 9.81. The summed E-state index contributed by atoms with van der Waals surface area (Å²) in [4.78, 5) is 0. The van der Waals surface area contributed by atoms with Crippen molar-refractivity contribution in [2.24, 2.45) is 11.8 Å². The van der Waals surface area contributed by atoms with E-state index < -0.39 is 0 Å². The quantitative estimate of drug-likeness (QED) is 0.640. The van der Waals surface area contributed by atoms with Gasteiger partial charge in [-0.2, -0.15) is 0 Å². The van der Waals surface area contributed by atoms with Crippen molar-refractivity contribution in [3.8, 4) is 0 Å². The fourth-order valence-corrected chi connectivity index (χ4v) is 1.80. The number of ether oxygens (including phenoxy) is 1. The van der Waals surface area contributed by atoms with Crippen LogP contribution in [0, 0.1) is 11.8 Å². The van der Waals surface area contributed by atoms with E-state index in [9.17, 15) is 5.11 Å². The average Bonchev–Trinajstić information content (AvgIpc) is 2.18.